The molecule has 158 valence electrons. The molecule has 2 aromatic rings. The quantitative estimate of drug-likeness (QED) is 0.212. The summed E-state index contributed by atoms with van der Waals surface area (Å²) in [5, 5.41) is 3.58. The fourth-order valence-corrected chi connectivity index (χ4v) is 20.8. The van der Waals surface area contributed by atoms with Crippen molar-refractivity contribution in [2.24, 2.45) is 0 Å². The molecule has 0 heterocycles. The molecule has 2 rings (SSSR count). The number of nitrogens with one attached hydrogen (secondary N) is 1. The van der Waals surface area contributed by atoms with Gasteiger partial charge >= 0.3 is 189 Å². The van der Waals surface area contributed by atoms with E-state index in [1.165, 1.54) is 54.2 Å². The zero-order chi connectivity index (χ0) is 21.0. The van der Waals surface area contributed by atoms with E-state index in [2.05, 4.69) is 74.6 Å². The maximum atomic E-state index is 5.72. The molecule has 0 unspecified atom stereocenters. The van der Waals surface area contributed by atoms with E-state index >= 15 is 0 Å². The predicted octanol–water partition coefficient (Wildman–Crippen LogP) is 8.41. The molecule has 0 aliphatic carbocycles. The molecule has 0 radical (unpaired) electrons. The third-order valence-electron chi connectivity index (χ3n) is 6.05. The molecule has 1 N–H and O–H groups in total. The molecule has 0 bridgehead atoms. The van der Waals surface area contributed by atoms with Gasteiger partial charge in [0, 0.05) is 0 Å². The zero-order valence-electron chi connectivity index (χ0n) is 18.7. The summed E-state index contributed by atoms with van der Waals surface area (Å²) >= 11 is 3.48. The Bertz CT molecular complexity index is 707. The van der Waals surface area contributed by atoms with Gasteiger partial charge < -0.3 is 0 Å². The number of benzene rings is 2. The summed E-state index contributed by atoms with van der Waals surface area (Å²) in [6.07, 6.45) is 8.24. The van der Waals surface area contributed by atoms with Gasteiger partial charge in [-0.1, -0.05) is 0 Å². The summed E-state index contributed by atoms with van der Waals surface area (Å²) in [4.78, 5) is 0.828. The summed E-state index contributed by atoms with van der Waals surface area (Å²) in [5.41, 5.74) is 3.83. The average Bonchev–Trinajstić information content (AvgIpc) is 2.76. The van der Waals surface area contributed by atoms with Gasteiger partial charge in [-0.25, -0.2) is 0 Å². The van der Waals surface area contributed by atoms with Crippen LogP contribution in [0.25, 0.3) is 0 Å². The summed E-state index contributed by atoms with van der Waals surface area (Å²) < 4.78 is 5.99. The minimum atomic E-state index is -2.24. The van der Waals surface area contributed by atoms with Crippen molar-refractivity contribution in [1.82, 2.24) is 0 Å². The summed E-state index contributed by atoms with van der Waals surface area (Å²) in [5.74, 6) is 0. The Balaban J connectivity index is 2.26. The molecule has 0 amide bonds. The molecule has 3 heteroatoms. The van der Waals surface area contributed by atoms with Crippen molar-refractivity contribution in [2.75, 3.05) is 5.32 Å². The van der Waals surface area contributed by atoms with E-state index in [0.29, 0.717) is 0 Å². The van der Waals surface area contributed by atoms with E-state index in [4.69, 9.17) is 12.2 Å². The first-order valence-corrected chi connectivity index (χ1v) is 20.1. The topological polar surface area (TPSA) is 12.0 Å². The molecule has 0 spiro atoms. The first-order chi connectivity index (χ1) is 14.1. The van der Waals surface area contributed by atoms with Crippen molar-refractivity contribution in [3.63, 3.8) is 0 Å². The summed E-state index contributed by atoms with van der Waals surface area (Å²) in [6, 6.07) is 19.2. The predicted molar refractivity (Wildman–Crippen MR) is 137 cm³/mol. The van der Waals surface area contributed by atoms with Gasteiger partial charge in [-0.3, -0.25) is 0 Å². The molecule has 0 atom stereocenters. The van der Waals surface area contributed by atoms with Crippen molar-refractivity contribution < 1.29 is 0 Å². The molecule has 0 saturated heterocycles. The van der Waals surface area contributed by atoms with Crippen molar-refractivity contribution in [3.8, 4) is 0 Å². The Kier molecular flexibility index (Phi) is 11.3. The second-order valence-corrected chi connectivity index (χ2v) is 22.7. The van der Waals surface area contributed by atoms with E-state index in [9.17, 15) is 0 Å². The monoisotopic (exact) mass is 517 g/mol. The SMILES string of the molecule is CCC[CH2][Sn]([CH2]CCC)([CH2]CCC)[CH2]c1ccccc1NC(=S)c1ccccc1. The van der Waals surface area contributed by atoms with Crippen LogP contribution in [0, 0.1) is 0 Å². The van der Waals surface area contributed by atoms with Gasteiger partial charge in [0.2, 0.25) is 0 Å². The van der Waals surface area contributed by atoms with Crippen molar-refractivity contribution in [3.05, 3.63) is 65.7 Å². The first kappa shape index (κ1) is 24.4. The van der Waals surface area contributed by atoms with Crippen molar-refractivity contribution >= 4 is 41.3 Å². The van der Waals surface area contributed by atoms with Crippen molar-refractivity contribution in [1.29, 1.82) is 0 Å². The molecule has 0 aliphatic heterocycles. The van der Waals surface area contributed by atoms with Crippen LogP contribution in [0.4, 0.5) is 5.69 Å². The Hall–Kier alpha value is -0.871. The number of rotatable bonds is 13. The average molecular weight is 516 g/mol. The van der Waals surface area contributed by atoms with Gasteiger partial charge in [0.1, 0.15) is 0 Å². The van der Waals surface area contributed by atoms with Gasteiger partial charge in [0.15, 0.2) is 0 Å². The molecule has 0 saturated carbocycles. The second-order valence-electron chi connectivity index (χ2n) is 8.46. The molecule has 2 aromatic carbocycles. The number of para-hydroxylation sites is 1. The van der Waals surface area contributed by atoms with Crippen LogP contribution >= 0.6 is 12.2 Å². The van der Waals surface area contributed by atoms with E-state index in [0.717, 1.165) is 10.6 Å². The van der Waals surface area contributed by atoms with E-state index < -0.39 is 18.4 Å². The minimum absolute atomic E-state index is 0.828. The zero-order valence-corrected chi connectivity index (χ0v) is 22.3. The maximum absolute atomic E-state index is 5.72. The summed E-state index contributed by atoms with van der Waals surface area (Å²) in [7, 11) is 0. The normalized spacial score (nSPS) is 11.4. The molecule has 1 nitrogen and oxygen atoms in total. The molecule has 29 heavy (non-hydrogen) atoms. The van der Waals surface area contributed by atoms with Crippen LogP contribution in [0.5, 0.6) is 0 Å². The van der Waals surface area contributed by atoms with E-state index in [1.807, 2.05) is 6.07 Å². The summed E-state index contributed by atoms with van der Waals surface area (Å²) in [6.45, 7) is 7.05. The number of unbranched alkanes of at least 4 members (excludes halogenated alkanes) is 3. The van der Waals surface area contributed by atoms with Crippen LogP contribution in [0.15, 0.2) is 54.6 Å². The standard InChI is InChI=1S/C14H12NS.3C4H9.Sn/c1-11-7-5-6-10-13(11)15-14(16)12-8-3-2-4-9-12;3*1-3-4-2;/h2-10H,1H2,(H,15,16);3*1,3-4H2,2H3;. The Morgan fingerprint density at radius 3 is 1.83 bits per heavy atom. The van der Waals surface area contributed by atoms with Gasteiger partial charge in [-0.2, -0.15) is 0 Å². The first-order valence-electron chi connectivity index (χ1n) is 11.6. The third kappa shape index (κ3) is 8.05. The fourth-order valence-electron chi connectivity index (χ4n) is 4.28. The fraction of sp³-hybridized carbons (Fsp3) is 0.500. The van der Waals surface area contributed by atoms with E-state index in [-0.39, 0.29) is 0 Å². The van der Waals surface area contributed by atoms with Crippen LogP contribution < -0.4 is 5.32 Å². The number of hydrogen-bond acceptors (Lipinski definition) is 1. The Morgan fingerprint density at radius 2 is 1.28 bits per heavy atom. The van der Waals surface area contributed by atoms with Crippen LogP contribution in [0.2, 0.25) is 13.3 Å². The van der Waals surface area contributed by atoms with Gasteiger partial charge in [-0.15, -0.1) is 0 Å². The van der Waals surface area contributed by atoms with E-state index in [1.54, 1.807) is 13.3 Å². The number of hydrogen-bond donors (Lipinski definition) is 1. The Morgan fingerprint density at radius 1 is 0.759 bits per heavy atom. The number of thiocarbonyl (C=S) groups is 1. The molecular weight excluding hydrogens is 477 g/mol. The molecular formula is C26H39NSSn. The molecule has 0 aliphatic rings. The third-order valence-corrected chi connectivity index (χ3v) is 21.7. The van der Waals surface area contributed by atoms with Crippen LogP contribution in [-0.2, 0) is 4.44 Å². The molecule has 0 fully saturated rings. The van der Waals surface area contributed by atoms with Gasteiger partial charge in [-0.05, 0) is 0 Å². The van der Waals surface area contributed by atoms with Crippen LogP contribution in [0.3, 0.4) is 0 Å². The van der Waals surface area contributed by atoms with Crippen LogP contribution in [-0.4, -0.2) is 23.4 Å². The van der Waals surface area contributed by atoms with Crippen molar-refractivity contribution in [2.45, 2.75) is 77.0 Å². The van der Waals surface area contributed by atoms with Gasteiger partial charge in [0.05, 0.1) is 0 Å². The van der Waals surface area contributed by atoms with Crippen LogP contribution in [0.1, 0.15) is 70.4 Å². The molecule has 0 aromatic heterocycles. The second kappa shape index (κ2) is 13.4. The Labute approximate surface area is 188 Å². The number of anilines is 1. The van der Waals surface area contributed by atoms with Gasteiger partial charge in [0.25, 0.3) is 0 Å².